The van der Waals surface area contributed by atoms with Crippen molar-refractivity contribution >= 4 is 11.9 Å². The molecule has 1 aromatic rings. The first-order chi connectivity index (χ1) is 12.9. The summed E-state index contributed by atoms with van der Waals surface area (Å²) in [5.41, 5.74) is -0.0940. The summed E-state index contributed by atoms with van der Waals surface area (Å²) in [5, 5.41) is 10.3. The molecular weight excluding hydrogens is 358 g/mol. The van der Waals surface area contributed by atoms with E-state index in [-0.39, 0.29) is 31.8 Å². The number of aryl methyl sites for hydroxylation is 1. The Morgan fingerprint density at radius 2 is 1.50 bits per heavy atom. The van der Waals surface area contributed by atoms with Crippen LogP contribution in [0.25, 0.3) is 0 Å². The highest BCUT2D eigenvalue weighted by Gasteiger charge is 2.23. The Bertz CT molecular complexity index is 825. The number of hydrogen-bond donors (Lipinski definition) is 1. The molecule has 28 heavy (non-hydrogen) atoms. The fourth-order valence-corrected chi connectivity index (χ4v) is 2.21. The first-order valence-electron chi connectivity index (χ1n) is 8.84. The predicted molar refractivity (Wildman–Crippen MR) is 105 cm³/mol. The first-order valence-corrected chi connectivity index (χ1v) is 8.84. The fourth-order valence-electron chi connectivity index (χ4n) is 2.21. The van der Waals surface area contributed by atoms with Crippen molar-refractivity contribution in [3.8, 4) is 30.4 Å². The number of ether oxygens (including phenoxy) is 2. The molecule has 6 nitrogen and oxygen atoms in total. The number of terminal acetylenes is 2. The summed E-state index contributed by atoms with van der Waals surface area (Å²) < 4.78 is 10.5. The summed E-state index contributed by atoms with van der Waals surface area (Å²) in [6.07, 6.45) is 12.3. The van der Waals surface area contributed by atoms with Crippen LogP contribution in [0.3, 0.4) is 0 Å². The smallest absolute Gasteiger partial charge is 0.307 e. The monoisotopic (exact) mass is 385 g/mol. The summed E-state index contributed by atoms with van der Waals surface area (Å²) in [6.45, 7) is 8.34. The van der Waals surface area contributed by atoms with Gasteiger partial charge in [0.15, 0.2) is 0 Å². The largest absolute Gasteiger partial charge is 0.506 e. The molecule has 0 atom stereocenters. The average Bonchev–Trinajstić information content (AvgIpc) is 2.61. The van der Waals surface area contributed by atoms with Gasteiger partial charge in [-0.25, -0.2) is 0 Å². The minimum Gasteiger partial charge on any atom is -0.506 e. The molecule has 0 aromatic carbocycles. The summed E-state index contributed by atoms with van der Waals surface area (Å²) >= 11 is 0. The number of aromatic hydroxyl groups is 1. The third-order valence-corrected chi connectivity index (χ3v) is 4.15. The van der Waals surface area contributed by atoms with E-state index in [0.717, 1.165) is 0 Å². The van der Waals surface area contributed by atoms with Crippen molar-refractivity contribution in [3.63, 3.8) is 0 Å². The lowest BCUT2D eigenvalue weighted by atomic mass is 9.91. The molecule has 0 fully saturated rings. The summed E-state index contributed by atoms with van der Waals surface area (Å²) in [4.78, 5) is 28.1. The number of carbonyl (C=O) groups is 2. The van der Waals surface area contributed by atoms with Crippen LogP contribution in [-0.4, -0.2) is 22.0 Å². The fraction of sp³-hybridized carbons (Fsp3) is 0.500. The summed E-state index contributed by atoms with van der Waals surface area (Å²) in [7, 11) is 0. The number of rotatable bonds is 8. The van der Waals surface area contributed by atoms with Crippen LogP contribution in [0.15, 0.2) is 6.20 Å². The second kappa shape index (κ2) is 9.28. The third-order valence-electron chi connectivity index (χ3n) is 4.15. The number of hydrogen-bond acceptors (Lipinski definition) is 6. The van der Waals surface area contributed by atoms with E-state index in [1.165, 1.54) is 6.20 Å². The van der Waals surface area contributed by atoms with Crippen LogP contribution in [0.5, 0.6) is 5.75 Å². The van der Waals surface area contributed by atoms with Crippen molar-refractivity contribution < 1.29 is 24.2 Å². The zero-order chi connectivity index (χ0) is 21.5. The lowest BCUT2D eigenvalue weighted by molar-refractivity contribution is -0.148. The van der Waals surface area contributed by atoms with Crippen LogP contribution in [0.4, 0.5) is 0 Å². The van der Waals surface area contributed by atoms with Gasteiger partial charge in [0.05, 0.1) is 18.5 Å². The number of aromatic nitrogens is 1. The quantitative estimate of drug-likeness (QED) is 0.546. The van der Waals surface area contributed by atoms with E-state index in [9.17, 15) is 14.7 Å². The minimum atomic E-state index is -0.629. The van der Waals surface area contributed by atoms with E-state index >= 15 is 0 Å². The molecule has 0 aliphatic carbocycles. The molecule has 0 saturated heterocycles. The predicted octanol–water partition coefficient (Wildman–Crippen LogP) is 3.28. The van der Waals surface area contributed by atoms with E-state index in [0.29, 0.717) is 16.8 Å². The Kier molecular flexibility index (Phi) is 7.64. The molecule has 150 valence electrons. The molecule has 1 heterocycles. The van der Waals surface area contributed by atoms with E-state index in [2.05, 4.69) is 16.8 Å². The molecule has 0 amide bonds. The number of esters is 2. The third kappa shape index (κ3) is 6.96. The van der Waals surface area contributed by atoms with Crippen molar-refractivity contribution in [2.24, 2.45) is 10.8 Å². The van der Waals surface area contributed by atoms with E-state index in [4.69, 9.17) is 22.3 Å². The summed E-state index contributed by atoms with van der Waals surface area (Å²) in [5.74, 6) is 3.99. The molecule has 0 bridgehead atoms. The van der Waals surface area contributed by atoms with Crippen LogP contribution in [0.2, 0.25) is 0 Å². The molecule has 0 aliphatic heterocycles. The van der Waals surface area contributed by atoms with Crippen LogP contribution in [0, 0.1) is 42.4 Å². The van der Waals surface area contributed by atoms with E-state index in [1.807, 2.05) is 0 Å². The maximum atomic E-state index is 12.0. The van der Waals surface area contributed by atoms with Gasteiger partial charge in [0.1, 0.15) is 19.0 Å². The maximum absolute atomic E-state index is 12.0. The van der Waals surface area contributed by atoms with Gasteiger partial charge in [0.25, 0.3) is 0 Å². The van der Waals surface area contributed by atoms with E-state index < -0.39 is 22.8 Å². The highest BCUT2D eigenvalue weighted by molar-refractivity contribution is 5.71. The van der Waals surface area contributed by atoms with Crippen LogP contribution < -0.4 is 0 Å². The molecule has 0 aliphatic rings. The molecule has 6 heteroatoms. The minimum absolute atomic E-state index is 0.0415. The second-order valence-corrected chi connectivity index (χ2v) is 7.93. The van der Waals surface area contributed by atoms with Gasteiger partial charge in [0, 0.05) is 28.2 Å². The van der Waals surface area contributed by atoms with Gasteiger partial charge in [-0.2, -0.15) is 0 Å². The van der Waals surface area contributed by atoms with Crippen LogP contribution in [-0.2, 0) is 32.3 Å². The van der Waals surface area contributed by atoms with Gasteiger partial charge in [-0.1, -0.05) is 11.8 Å². The Balaban J connectivity index is 2.86. The van der Waals surface area contributed by atoms with Crippen molar-refractivity contribution in [1.29, 1.82) is 0 Å². The molecule has 0 radical (unpaired) electrons. The highest BCUT2D eigenvalue weighted by Crippen LogP contribution is 2.27. The van der Waals surface area contributed by atoms with Crippen molar-refractivity contribution in [2.45, 2.75) is 60.7 Å². The number of pyridine rings is 1. The van der Waals surface area contributed by atoms with Gasteiger partial charge < -0.3 is 14.6 Å². The SMILES string of the molecule is C#CC(C)(C)CC(=O)OCc1cnc(C)c(O)c1COC(=O)CC(C)(C)C#C. The number of nitrogens with zero attached hydrogens (tertiary/aromatic N) is 1. The molecule has 1 aromatic heterocycles. The second-order valence-electron chi connectivity index (χ2n) is 7.93. The summed E-state index contributed by atoms with van der Waals surface area (Å²) in [6, 6.07) is 0. The molecule has 1 rings (SSSR count). The van der Waals surface area contributed by atoms with Crippen molar-refractivity contribution in [2.75, 3.05) is 0 Å². The van der Waals surface area contributed by atoms with Gasteiger partial charge in [-0.05, 0) is 34.6 Å². The molecule has 0 unspecified atom stereocenters. The van der Waals surface area contributed by atoms with Gasteiger partial charge >= 0.3 is 11.9 Å². The Hall–Kier alpha value is -2.99. The van der Waals surface area contributed by atoms with Gasteiger partial charge in [-0.15, -0.1) is 12.8 Å². The maximum Gasteiger partial charge on any atom is 0.307 e. The van der Waals surface area contributed by atoms with Crippen LogP contribution in [0.1, 0.15) is 57.4 Å². The van der Waals surface area contributed by atoms with Gasteiger partial charge in [0.2, 0.25) is 0 Å². The zero-order valence-electron chi connectivity index (χ0n) is 17.1. The van der Waals surface area contributed by atoms with Crippen LogP contribution >= 0.6 is 0 Å². The molecule has 1 N–H and O–H groups in total. The zero-order valence-corrected chi connectivity index (χ0v) is 17.1. The Morgan fingerprint density at radius 1 is 1.04 bits per heavy atom. The van der Waals surface area contributed by atoms with Crippen molar-refractivity contribution in [3.05, 3.63) is 23.0 Å². The topological polar surface area (TPSA) is 85.7 Å². The lowest BCUT2D eigenvalue weighted by Crippen LogP contribution is -2.18. The average molecular weight is 385 g/mol. The lowest BCUT2D eigenvalue weighted by Gasteiger charge is -2.18. The van der Waals surface area contributed by atoms with Gasteiger partial charge in [-0.3, -0.25) is 14.6 Å². The number of carbonyl (C=O) groups excluding carboxylic acids is 2. The highest BCUT2D eigenvalue weighted by atomic mass is 16.5. The normalized spacial score (nSPS) is 11.2. The van der Waals surface area contributed by atoms with E-state index in [1.54, 1.807) is 34.6 Å². The standard InChI is InChI=1S/C22H27NO5/c1-8-21(4,5)10-18(24)27-13-16-12-23-15(3)20(26)17(16)14-28-19(25)11-22(6,7)9-2/h1-2,12,26H,10-11,13-14H2,3-7H3. The molecular formula is C22H27NO5. The first kappa shape index (κ1) is 23.0. The Labute approximate surface area is 166 Å². The Morgan fingerprint density at radius 3 is 1.96 bits per heavy atom. The van der Waals surface area contributed by atoms with Crippen molar-refractivity contribution in [1.82, 2.24) is 4.98 Å². The molecule has 0 spiro atoms. The molecule has 0 saturated carbocycles.